The van der Waals surface area contributed by atoms with Crippen LogP contribution in [0.2, 0.25) is 0 Å². The lowest BCUT2D eigenvalue weighted by Gasteiger charge is -2.27. The Kier molecular flexibility index (Phi) is 6.03. The molecule has 1 N–H and O–H groups in total. The van der Waals surface area contributed by atoms with Crippen LogP contribution in [-0.4, -0.2) is 44.7 Å². The van der Waals surface area contributed by atoms with Gasteiger partial charge in [-0.05, 0) is 56.0 Å². The highest BCUT2D eigenvalue weighted by atomic mass is 79.9. The second-order valence-corrected chi connectivity index (χ2v) is 5.46. The summed E-state index contributed by atoms with van der Waals surface area (Å²) >= 11 is 3.25. The van der Waals surface area contributed by atoms with Gasteiger partial charge in [0.25, 0.3) is 0 Å². The average Bonchev–Trinajstić information content (AvgIpc) is 2.76. The summed E-state index contributed by atoms with van der Waals surface area (Å²) in [5, 5.41) is 3.21. The molecule has 0 aliphatic carbocycles. The number of carbonyl (C=O) groups is 1. The zero-order valence-electron chi connectivity index (χ0n) is 11.8. The van der Waals surface area contributed by atoms with Gasteiger partial charge in [-0.2, -0.15) is 0 Å². The number of nitrogens with one attached hydrogen (secondary N) is 1. The minimum absolute atomic E-state index is 0.337. The number of esters is 1. The summed E-state index contributed by atoms with van der Waals surface area (Å²) in [4.78, 5) is 14.2. The maximum Gasteiger partial charge on any atom is 0.333 e. The Bertz CT molecular complexity index is 420. The number of rotatable bonds is 7. The third-order valence-electron chi connectivity index (χ3n) is 2.79. The third-order valence-corrected chi connectivity index (χ3v) is 3.21. The van der Waals surface area contributed by atoms with Crippen LogP contribution in [0.15, 0.2) is 21.2 Å². The molecule has 0 bridgehead atoms. The van der Waals surface area contributed by atoms with E-state index in [2.05, 4.69) is 21.2 Å². The molecule has 0 fully saturated rings. The summed E-state index contributed by atoms with van der Waals surface area (Å²) in [5.41, 5.74) is -0.974. The van der Waals surface area contributed by atoms with Gasteiger partial charge in [-0.1, -0.05) is 0 Å². The highest BCUT2D eigenvalue weighted by Crippen LogP contribution is 2.26. The van der Waals surface area contributed by atoms with E-state index in [0.29, 0.717) is 23.6 Å². The molecule has 0 aliphatic rings. The van der Waals surface area contributed by atoms with Crippen molar-refractivity contribution in [3.63, 3.8) is 0 Å². The SMILES string of the molecule is CCOC(=O)C(C)(NCCN(C)C)c1ccc(Br)o1. The Morgan fingerprint density at radius 2 is 2.21 bits per heavy atom. The van der Waals surface area contributed by atoms with Crippen LogP contribution in [0.1, 0.15) is 19.6 Å². The largest absolute Gasteiger partial charge is 0.464 e. The van der Waals surface area contributed by atoms with Gasteiger partial charge in [0.2, 0.25) is 0 Å². The predicted molar refractivity (Wildman–Crippen MR) is 76.9 cm³/mol. The van der Waals surface area contributed by atoms with Crippen LogP contribution in [-0.2, 0) is 15.1 Å². The first-order valence-electron chi connectivity index (χ1n) is 6.23. The molecular weight excluding hydrogens is 312 g/mol. The van der Waals surface area contributed by atoms with Gasteiger partial charge in [-0.15, -0.1) is 0 Å². The number of hydrogen-bond acceptors (Lipinski definition) is 5. The first-order valence-corrected chi connectivity index (χ1v) is 7.02. The fourth-order valence-electron chi connectivity index (χ4n) is 1.65. The Hall–Kier alpha value is -0.850. The van der Waals surface area contributed by atoms with Gasteiger partial charge in [-0.25, -0.2) is 4.79 Å². The predicted octanol–water partition coefficient (Wildman–Crippen LogP) is 1.97. The van der Waals surface area contributed by atoms with Crippen molar-refractivity contribution in [3.8, 4) is 0 Å². The van der Waals surface area contributed by atoms with E-state index < -0.39 is 5.54 Å². The van der Waals surface area contributed by atoms with Gasteiger partial charge in [-0.3, -0.25) is 5.32 Å². The number of nitrogens with zero attached hydrogens (tertiary/aromatic N) is 1. The van der Waals surface area contributed by atoms with Crippen LogP contribution in [0.5, 0.6) is 0 Å². The first-order chi connectivity index (χ1) is 8.90. The average molecular weight is 333 g/mol. The van der Waals surface area contributed by atoms with Gasteiger partial charge < -0.3 is 14.1 Å². The normalized spacial score (nSPS) is 14.4. The van der Waals surface area contributed by atoms with Crippen molar-refractivity contribution in [2.45, 2.75) is 19.4 Å². The van der Waals surface area contributed by atoms with Gasteiger partial charge in [0.05, 0.1) is 6.61 Å². The number of ether oxygens (including phenoxy) is 1. The fourth-order valence-corrected chi connectivity index (χ4v) is 1.95. The third kappa shape index (κ3) is 4.33. The van der Waals surface area contributed by atoms with Gasteiger partial charge in [0.1, 0.15) is 5.76 Å². The maximum atomic E-state index is 12.2. The topological polar surface area (TPSA) is 54.7 Å². The second-order valence-electron chi connectivity index (χ2n) is 4.68. The Balaban J connectivity index is 2.86. The number of likely N-dealkylation sites (N-methyl/N-ethyl adjacent to an activating group) is 1. The lowest BCUT2D eigenvalue weighted by atomic mass is 9.99. The van der Waals surface area contributed by atoms with Crippen LogP contribution in [0, 0.1) is 0 Å². The molecular formula is C13H21BrN2O3. The van der Waals surface area contributed by atoms with E-state index in [0.717, 1.165) is 6.54 Å². The molecule has 1 aromatic heterocycles. The van der Waals surface area contributed by atoms with E-state index in [1.54, 1.807) is 26.0 Å². The molecule has 1 aromatic rings. The summed E-state index contributed by atoms with van der Waals surface area (Å²) in [6.07, 6.45) is 0. The molecule has 6 heteroatoms. The Morgan fingerprint density at radius 3 is 2.68 bits per heavy atom. The zero-order chi connectivity index (χ0) is 14.5. The lowest BCUT2D eigenvalue weighted by Crippen LogP contribution is -2.49. The molecule has 108 valence electrons. The molecule has 0 radical (unpaired) electrons. The quantitative estimate of drug-likeness (QED) is 0.773. The van der Waals surface area contributed by atoms with E-state index in [1.165, 1.54) is 0 Å². The monoisotopic (exact) mass is 332 g/mol. The molecule has 0 saturated heterocycles. The lowest BCUT2D eigenvalue weighted by molar-refractivity contribution is -0.151. The van der Waals surface area contributed by atoms with Crippen molar-refractivity contribution in [1.29, 1.82) is 0 Å². The molecule has 0 aliphatic heterocycles. The van der Waals surface area contributed by atoms with Crippen molar-refractivity contribution in [2.24, 2.45) is 0 Å². The number of carbonyl (C=O) groups excluding carboxylic acids is 1. The first kappa shape index (κ1) is 16.2. The number of furan rings is 1. The van der Waals surface area contributed by atoms with Crippen LogP contribution >= 0.6 is 15.9 Å². The standard InChI is InChI=1S/C13H21BrN2O3/c1-5-18-12(17)13(2,15-8-9-16(3)4)10-6-7-11(14)19-10/h6-7,15H,5,8-9H2,1-4H3. The van der Waals surface area contributed by atoms with Crippen LogP contribution < -0.4 is 5.32 Å². The molecule has 0 saturated carbocycles. The summed E-state index contributed by atoms with van der Waals surface area (Å²) in [6, 6.07) is 3.53. The van der Waals surface area contributed by atoms with Crippen molar-refractivity contribution >= 4 is 21.9 Å². The van der Waals surface area contributed by atoms with E-state index in [4.69, 9.17) is 9.15 Å². The molecule has 0 amide bonds. The highest BCUT2D eigenvalue weighted by Gasteiger charge is 2.39. The van der Waals surface area contributed by atoms with Gasteiger partial charge in [0.15, 0.2) is 10.2 Å². The highest BCUT2D eigenvalue weighted by molar-refractivity contribution is 9.10. The van der Waals surface area contributed by atoms with Crippen LogP contribution in [0.25, 0.3) is 0 Å². The minimum Gasteiger partial charge on any atom is -0.464 e. The molecule has 1 unspecified atom stereocenters. The Morgan fingerprint density at radius 1 is 1.53 bits per heavy atom. The van der Waals surface area contributed by atoms with Crippen molar-refractivity contribution < 1.29 is 13.9 Å². The van der Waals surface area contributed by atoms with Gasteiger partial charge in [0, 0.05) is 13.1 Å². The second kappa shape index (κ2) is 7.07. The minimum atomic E-state index is -0.974. The van der Waals surface area contributed by atoms with Crippen molar-refractivity contribution in [3.05, 3.63) is 22.6 Å². The molecule has 1 rings (SSSR count). The zero-order valence-corrected chi connectivity index (χ0v) is 13.4. The van der Waals surface area contributed by atoms with Crippen molar-refractivity contribution in [2.75, 3.05) is 33.8 Å². The van der Waals surface area contributed by atoms with E-state index in [9.17, 15) is 4.79 Å². The Labute approximate surface area is 122 Å². The van der Waals surface area contributed by atoms with E-state index >= 15 is 0 Å². The van der Waals surface area contributed by atoms with E-state index in [-0.39, 0.29) is 5.97 Å². The van der Waals surface area contributed by atoms with Crippen LogP contribution in [0.4, 0.5) is 0 Å². The van der Waals surface area contributed by atoms with E-state index in [1.807, 2.05) is 19.0 Å². The number of halogens is 1. The smallest absolute Gasteiger partial charge is 0.333 e. The molecule has 1 atom stereocenters. The maximum absolute atomic E-state index is 12.2. The summed E-state index contributed by atoms with van der Waals surface area (Å²) in [6.45, 7) is 5.37. The summed E-state index contributed by atoms with van der Waals surface area (Å²) in [7, 11) is 3.96. The number of hydrogen-bond donors (Lipinski definition) is 1. The van der Waals surface area contributed by atoms with Gasteiger partial charge >= 0.3 is 5.97 Å². The molecule has 1 heterocycles. The fraction of sp³-hybridized carbons (Fsp3) is 0.615. The molecule has 0 spiro atoms. The molecule has 0 aromatic carbocycles. The molecule has 5 nitrogen and oxygen atoms in total. The van der Waals surface area contributed by atoms with Crippen molar-refractivity contribution in [1.82, 2.24) is 10.2 Å². The summed E-state index contributed by atoms with van der Waals surface area (Å²) < 4.78 is 11.2. The molecule has 19 heavy (non-hydrogen) atoms. The summed E-state index contributed by atoms with van der Waals surface area (Å²) in [5.74, 6) is 0.201. The van der Waals surface area contributed by atoms with Crippen LogP contribution in [0.3, 0.4) is 0 Å².